The molecule has 0 saturated heterocycles. The summed E-state index contributed by atoms with van der Waals surface area (Å²) < 4.78 is 0. The van der Waals surface area contributed by atoms with Gasteiger partial charge in [0, 0.05) is 12.1 Å². The van der Waals surface area contributed by atoms with E-state index in [9.17, 15) is 0 Å². The number of hydrogen-bond acceptors (Lipinski definition) is 4. The van der Waals surface area contributed by atoms with E-state index in [4.69, 9.17) is 5.73 Å². The van der Waals surface area contributed by atoms with Crippen LogP contribution in [0, 0.1) is 11.8 Å². The lowest BCUT2D eigenvalue weighted by atomic mass is 10.1. The summed E-state index contributed by atoms with van der Waals surface area (Å²) in [5.41, 5.74) is 5.56. The zero-order valence-electron chi connectivity index (χ0n) is 9.78. The van der Waals surface area contributed by atoms with E-state index in [2.05, 4.69) is 15.6 Å². The van der Waals surface area contributed by atoms with E-state index in [1.165, 1.54) is 25.7 Å². The van der Waals surface area contributed by atoms with Gasteiger partial charge in [0.2, 0.25) is 0 Å². The Labute approximate surface area is 97.1 Å². The number of rotatable bonds is 5. The van der Waals surface area contributed by atoms with Crippen LogP contribution < -0.4 is 16.4 Å². The zero-order chi connectivity index (χ0) is 11.0. The van der Waals surface area contributed by atoms with Gasteiger partial charge in [-0.15, -0.1) is 0 Å². The van der Waals surface area contributed by atoms with Crippen LogP contribution in [0.2, 0.25) is 0 Å². The average Bonchev–Trinajstić information content (AvgIpc) is 3.17. The van der Waals surface area contributed by atoms with Gasteiger partial charge in [-0.25, -0.2) is 0 Å². The van der Waals surface area contributed by atoms with E-state index < -0.39 is 0 Å². The Morgan fingerprint density at radius 2 is 2.00 bits per heavy atom. The van der Waals surface area contributed by atoms with Gasteiger partial charge in [0.1, 0.15) is 0 Å². The molecule has 16 heavy (non-hydrogen) atoms. The maximum atomic E-state index is 5.56. The predicted molar refractivity (Wildman–Crippen MR) is 65.3 cm³/mol. The molecule has 0 aromatic heterocycles. The molecule has 3 aliphatic rings. The highest BCUT2D eigenvalue weighted by atomic mass is 15.2. The van der Waals surface area contributed by atoms with Crippen molar-refractivity contribution in [2.75, 3.05) is 13.1 Å². The molecule has 4 N–H and O–H groups in total. The Morgan fingerprint density at radius 3 is 2.56 bits per heavy atom. The Morgan fingerprint density at radius 1 is 1.31 bits per heavy atom. The summed E-state index contributed by atoms with van der Waals surface area (Å²) in [6.45, 7) is 1.64. The minimum Gasteiger partial charge on any atom is -0.353 e. The van der Waals surface area contributed by atoms with Crippen molar-refractivity contribution >= 4 is 5.96 Å². The fourth-order valence-electron chi connectivity index (χ4n) is 2.63. The summed E-state index contributed by atoms with van der Waals surface area (Å²) in [7, 11) is 0. The van der Waals surface area contributed by atoms with Gasteiger partial charge in [-0.05, 0) is 50.5 Å². The minimum atomic E-state index is 0.464. The molecule has 1 aliphatic heterocycles. The maximum absolute atomic E-state index is 5.56. The standard InChI is InChI=1S/C12H22N4/c13-6-5-10-7-14-12(15-10)16-11(8-1-2-8)9-3-4-9/h8-11H,1-7,13H2,(H2,14,15,16)/t10-/m0/s1. The number of nitrogens with zero attached hydrogens (tertiary/aromatic N) is 1. The molecule has 4 heteroatoms. The number of aliphatic imine (C=N–C) groups is 1. The summed E-state index contributed by atoms with van der Waals surface area (Å²) >= 11 is 0. The third-order valence-electron chi connectivity index (χ3n) is 3.89. The number of guanidine groups is 1. The lowest BCUT2D eigenvalue weighted by molar-refractivity contribution is 0.475. The average molecular weight is 222 g/mol. The molecule has 3 rings (SSSR count). The second-order valence-corrected chi connectivity index (χ2v) is 5.45. The highest BCUT2D eigenvalue weighted by molar-refractivity contribution is 5.82. The molecule has 0 amide bonds. The first-order valence-electron chi connectivity index (χ1n) is 6.64. The zero-order valence-corrected chi connectivity index (χ0v) is 9.78. The molecule has 1 atom stereocenters. The Balaban J connectivity index is 1.50. The molecule has 0 aromatic rings. The van der Waals surface area contributed by atoms with Crippen LogP contribution >= 0.6 is 0 Å². The van der Waals surface area contributed by atoms with Crippen molar-refractivity contribution in [3.63, 3.8) is 0 Å². The van der Waals surface area contributed by atoms with Crippen molar-refractivity contribution in [1.82, 2.24) is 10.6 Å². The van der Waals surface area contributed by atoms with Crippen LogP contribution in [-0.2, 0) is 0 Å². The number of nitrogens with one attached hydrogen (secondary N) is 2. The van der Waals surface area contributed by atoms with Crippen molar-refractivity contribution in [3.05, 3.63) is 0 Å². The van der Waals surface area contributed by atoms with Gasteiger partial charge < -0.3 is 16.4 Å². The van der Waals surface area contributed by atoms with Crippen molar-refractivity contribution in [2.45, 2.75) is 44.2 Å². The quantitative estimate of drug-likeness (QED) is 0.632. The highest BCUT2D eigenvalue weighted by Crippen LogP contribution is 2.44. The van der Waals surface area contributed by atoms with Gasteiger partial charge >= 0.3 is 0 Å². The molecule has 2 saturated carbocycles. The second kappa shape index (κ2) is 4.24. The van der Waals surface area contributed by atoms with Crippen LogP contribution in [0.4, 0.5) is 0 Å². The molecule has 0 unspecified atom stereocenters. The molecule has 1 heterocycles. The van der Waals surface area contributed by atoms with Crippen LogP contribution in [0.3, 0.4) is 0 Å². The van der Waals surface area contributed by atoms with Crippen LogP contribution in [0.5, 0.6) is 0 Å². The Bertz CT molecular complexity index is 269. The molecule has 4 nitrogen and oxygen atoms in total. The van der Waals surface area contributed by atoms with Crippen LogP contribution in [0.25, 0.3) is 0 Å². The molecular formula is C12H22N4. The Kier molecular flexibility index (Phi) is 2.75. The van der Waals surface area contributed by atoms with Crippen molar-refractivity contribution in [1.29, 1.82) is 0 Å². The van der Waals surface area contributed by atoms with Crippen molar-refractivity contribution in [3.8, 4) is 0 Å². The van der Waals surface area contributed by atoms with Gasteiger partial charge in [0.05, 0.1) is 6.54 Å². The van der Waals surface area contributed by atoms with Gasteiger partial charge in [-0.1, -0.05) is 0 Å². The summed E-state index contributed by atoms with van der Waals surface area (Å²) in [5, 5.41) is 7.07. The maximum Gasteiger partial charge on any atom is 0.191 e. The van der Waals surface area contributed by atoms with E-state index >= 15 is 0 Å². The third-order valence-corrected chi connectivity index (χ3v) is 3.89. The third kappa shape index (κ3) is 2.32. The van der Waals surface area contributed by atoms with E-state index in [1.807, 2.05) is 0 Å². The van der Waals surface area contributed by atoms with E-state index in [-0.39, 0.29) is 0 Å². The molecule has 0 spiro atoms. The molecule has 2 fully saturated rings. The predicted octanol–water partition coefficient (Wildman–Crippen LogP) is 0.441. The Hall–Kier alpha value is -0.770. The van der Waals surface area contributed by atoms with E-state index in [1.54, 1.807) is 0 Å². The summed E-state index contributed by atoms with van der Waals surface area (Å²) in [5.74, 6) is 2.87. The molecule has 0 bridgehead atoms. The fraction of sp³-hybridized carbons (Fsp3) is 0.917. The number of hydrogen-bond donors (Lipinski definition) is 3. The summed E-state index contributed by atoms with van der Waals surface area (Å²) in [4.78, 5) is 4.53. The summed E-state index contributed by atoms with van der Waals surface area (Å²) in [6, 6.07) is 1.16. The van der Waals surface area contributed by atoms with Gasteiger partial charge in [0.25, 0.3) is 0 Å². The molecule has 2 aliphatic carbocycles. The normalized spacial score (nSPS) is 29.1. The minimum absolute atomic E-state index is 0.464. The smallest absolute Gasteiger partial charge is 0.191 e. The topological polar surface area (TPSA) is 62.4 Å². The first-order valence-corrected chi connectivity index (χ1v) is 6.64. The van der Waals surface area contributed by atoms with Gasteiger partial charge in [0.15, 0.2) is 5.96 Å². The van der Waals surface area contributed by atoms with Crippen LogP contribution in [-0.4, -0.2) is 31.1 Å². The summed E-state index contributed by atoms with van der Waals surface area (Å²) in [6.07, 6.45) is 6.66. The van der Waals surface area contributed by atoms with Crippen molar-refractivity contribution in [2.24, 2.45) is 22.6 Å². The largest absolute Gasteiger partial charge is 0.353 e. The SMILES string of the molecule is NCC[C@H]1CN=C(NC(C2CC2)C2CC2)N1. The van der Waals surface area contributed by atoms with Crippen LogP contribution in [0.15, 0.2) is 4.99 Å². The van der Waals surface area contributed by atoms with Gasteiger partial charge in [-0.3, -0.25) is 4.99 Å². The first-order chi connectivity index (χ1) is 7.86. The molecule has 90 valence electrons. The lowest BCUT2D eigenvalue weighted by Gasteiger charge is -2.20. The van der Waals surface area contributed by atoms with Crippen LogP contribution in [0.1, 0.15) is 32.1 Å². The van der Waals surface area contributed by atoms with E-state index in [0.717, 1.165) is 37.3 Å². The number of nitrogens with two attached hydrogens (primary N) is 1. The molecular weight excluding hydrogens is 200 g/mol. The molecule has 0 aromatic carbocycles. The van der Waals surface area contributed by atoms with Crippen molar-refractivity contribution < 1.29 is 0 Å². The molecule has 0 radical (unpaired) electrons. The highest BCUT2D eigenvalue weighted by Gasteiger charge is 2.42. The van der Waals surface area contributed by atoms with E-state index in [0.29, 0.717) is 12.1 Å². The van der Waals surface area contributed by atoms with Gasteiger partial charge in [-0.2, -0.15) is 0 Å². The second-order valence-electron chi connectivity index (χ2n) is 5.45. The first kappa shape index (κ1) is 10.4. The lowest BCUT2D eigenvalue weighted by Crippen LogP contribution is -2.46. The fourth-order valence-corrected chi connectivity index (χ4v) is 2.63. The monoisotopic (exact) mass is 222 g/mol.